The molecule has 0 amide bonds. The summed E-state index contributed by atoms with van der Waals surface area (Å²) in [4.78, 5) is 12.1. The molecular weight excluding hydrogens is 348 g/mol. The largest absolute Gasteiger partial charge is 0.438 e. The number of benzene rings is 1. The van der Waals surface area contributed by atoms with Crippen molar-refractivity contribution in [1.82, 2.24) is 15.4 Å². The molecule has 1 aromatic heterocycles. The van der Waals surface area contributed by atoms with Crippen LogP contribution in [0.15, 0.2) is 40.2 Å². The number of likely N-dealkylation sites (N-methyl/N-ethyl adjacent to an activating group) is 1. The van der Waals surface area contributed by atoms with Crippen molar-refractivity contribution < 1.29 is 9.94 Å². The van der Waals surface area contributed by atoms with Crippen LogP contribution < -0.4 is 10.2 Å². The maximum absolute atomic E-state index is 9.54. The van der Waals surface area contributed by atoms with Gasteiger partial charge in [-0.3, -0.25) is 15.7 Å². The fourth-order valence-corrected chi connectivity index (χ4v) is 2.94. The lowest BCUT2D eigenvalue weighted by molar-refractivity contribution is 0.234. The first-order valence-electron chi connectivity index (χ1n) is 8.34. The van der Waals surface area contributed by atoms with Crippen molar-refractivity contribution in [3.8, 4) is 11.6 Å². The lowest BCUT2D eigenvalue weighted by Crippen LogP contribution is -2.24. The van der Waals surface area contributed by atoms with Gasteiger partial charge in [0.1, 0.15) is 5.75 Å². The number of nitrogens with one attached hydrogen (secondary N) is 1. The maximum atomic E-state index is 9.54. The van der Waals surface area contributed by atoms with Gasteiger partial charge in [-0.25, -0.2) is 4.98 Å². The highest BCUT2D eigenvalue weighted by Gasteiger charge is 2.14. The summed E-state index contributed by atoms with van der Waals surface area (Å²) in [6.45, 7) is 5.27. The van der Waals surface area contributed by atoms with Crippen molar-refractivity contribution in [3.63, 3.8) is 0 Å². The Morgan fingerprint density at radius 3 is 2.65 bits per heavy atom. The van der Waals surface area contributed by atoms with E-state index in [4.69, 9.17) is 4.74 Å². The van der Waals surface area contributed by atoms with Crippen molar-refractivity contribution in [1.29, 1.82) is 0 Å². The maximum Gasteiger partial charge on any atom is 0.230 e. The Kier molecular flexibility index (Phi) is 7.44. The summed E-state index contributed by atoms with van der Waals surface area (Å²) in [5.41, 5.74) is 4.76. The van der Waals surface area contributed by atoms with E-state index < -0.39 is 0 Å². The molecule has 2 aromatic rings. The number of aliphatic imine (C=N–C) groups is 1. The fourth-order valence-electron chi connectivity index (χ4n) is 2.36. The van der Waals surface area contributed by atoms with Gasteiger partial charge in [-0.1, -0.05) is 0 Å². The van der Waals surface area contributed by atoms with Crippen LogP contribution in [-0.2, 0) is 0 Å². The molecule has 0 aliphatic heterocycles. The van der Waals surface area contributed by atoms with Crippen LogP contribution in [0.5, 0.6) is 11.6 Å². The van der Waals surface area contributed by atoms with Crippen LogP contribution >= 0.6 is 11.8 Å². The topological polar surface area (TPSA) is 70.0 Å². The molecule has 1 aromatic carbocycles. The SMILES string of the molecule is CSc1ccc(Oc2nc(C)ccc2C(=NCCN(C)C)NO)cc1C. The molecule has 26 heavy (non-hydrogen) atoms. The molecule has 0 aliphatic rings. The van der Waals surface area contributed by atoms with E-state index >= 15 is 0 Å². The Bertz CT molecular complexity index is 778. The average molecular weight is 375 g/mol. The van der Waals surface area contributed by atoms with E-state index in [1.54, 1.807) is 11.8 Å². The van der Waals surface area contributed by atoms with E-state index in [9.17, 15) is 5.21 Å². The van der Waals surface area contributed by atoms with Crippen LogP contribution in [0.1, 0.15) is 16.8 Å². The van der Waals surface area contributed by atoms with Crippen LogP contribution in [0.2, 0.25) is 0 Å². The summed E-state index contributed by atoms with van der Waals surface area (Å²) in [5.74, 6) is 1.45. The minimum atomic E-state index is 0.340. The van der Waals surface area contributed by atoms with E-state index in [1.165, 1.54) is 4.90 Å². The lowest BCUT2D eigenvalue weighted by atomic mass is 10.2. The van der Waals surface area contributed by atoms with Gasteiger partial charge in [-0.2, -0.15) is 0 Å². The smallest absolute Gasteiger partial charge is 0.230 e. The molecule has 0 unspecified atom stereocenters. The number of ether oxygens (including phenoxy) is 1. The summed E-state index contributed by atoms with van der Waals surface area (Å²) < 4.78 is 6.02. The predicted molar refractivity (Wildman–Crippen MR) is 107 cm³/mol. The van der Waals surface area contributed by atoms with Gasteiger partial charge in [0.25, 0.3) is 0 Å². The second kappa shape index (κ2) is 9.56. The molecule has 0 bridgehead atoms. The third-order valence-corrected chi connectivity index (χ3v) is 4.66. The molecule has 0 radical (unpaired) electrons. The molecule has 0 spiro atoms. The first kappa shape index (κ1) is 20.2. The molecule has 0 saturated heterocycles. The summed E-state index contributed by atoms with van der Waals surface area (Å²) >= 11 is 1.70. The zero-order chi connectivity index (χ0) is 19.1. The second-order valence-corrected chi connectivity index (χ2v) is 7.03. The molecule has 0 fully saturated rings. The Balaban J connectivity index is 2.33. The Labute approximate surface area is 159 Å². The number of rotatable bonds is 7. The van der Waals surface area contributed by atoms with Crippen LogP contribution in [0.3, 0.4) is 0 Å². The monoisotopic (exact) mass is 374 g/mol. The van der Waals surface area contributed by atoms with E-state index in [0.29, 0.717) is 29.6 Å². The molecule has 1 heterocycles. The number of hydrogen-bond donors (Lipinski definition) is 2. The van der Waals surface area contributed by atoms with E-state index in [-0.39, 0.29) is 0 Å². The van der Waals surface area contributed by atoms with Gasteiger partial charge >= 0.3 is 0 Å². The highest BCUT2D eigenvalue weighted by atomic mass is 32.2. The average Bonchev–Trinajstić information content (AvgIpc) is 2.59. The van der Waals surface area contributed by atoms with Gasteiger partial charge in [0, 0.05) is 17.1 Å². The van der Waals surface area contributed by atoms with Gasteiger partial charge in [0.05, 0.1) is 12.1 Å². The number of hydrogen-bond acceptors (Lipinski definition) is 6. The van der Waals surface area contributed by atoms with Crippen molar-refractivity contribution in [2.75, 3.05) is 33.4 Å². The van der Waals surface area contributed by atoms with Gasteiger partial charge in [-0.05, 0) is 70.1 Å². The number of thioether (sulfide) groups is 1. The molecule has 0 atom stereocenters. The quantitative estimate of drug-likeness (QED) is 0.335. The van der Waals surface area contributed by atoms with Crippen LogP contribution in [0.4, 0.5) is 0 Å². The first-order valence-corrected chi connectivity index (χ1v) is 9.57. The molecule has 2 N–H and O–H groups in total. The summed E-state index contributed by atoms with van der Waals surface area (Å²) in [6, 6.07) is 9.64. The molecular formula is C19H26N4O2S. The number of aromatic nitrogens is 1. The molecule has 140 valence electrons. The lowest BCUT2D eigenvalue weighted by Gasteiger charge is -2.14. The molecule has 2 rings (SSSR count). The predicted octanol–water partition coefficient (Wildman–Crippen LogP) is 3.50. The van der Waals surface area contributed by atoms with Gasteiger partial charge in [0.15, 0.2) is 5.84 Å². The van der Waals surface area contributed by atoms with Crippen LogP contribution in [0, 0.1) is 13.8 Å². The number of pyridine rings is 1. The zero-order valence-electron chi connectivity index (χ0n) is 15.9. The minimum Gasteiger partial charge on any atom is -0.438 e. The summed E-state index contributed by atoms with van der Waals surface area (Å²) in [7, 11) is 3.95. The Morgan fingerprint density at radius 2 is 2.04 bits per heavy atom. The highest BCUT2D eigenvalue weighted by Crippen LogP contribution is 2.28. The summed E-state index contributed by atoms with van der Waals surface area (Å²) in [6.07, 6.45) is 2.05. The Hall–Kier alpha value is -2.09. The van der Waals surface area contributed by atoms with Crippen LogP contribution in [0.25, 0.3) is 0 Å². The van der Waals surface area contributed by atoms with Crippen molar-refractivity contribution in [2.45, 2.75) is 18.7 Å². The van der Waals surface area contributed by atoms with Crippen LogP contribution in [-0.4, -0.2) is 54.4 Å². The van der Waals surface area contributed by atoms with Crippen molar-refractivity contribution in [3.05, 3.63) is 47.2 Å². The second-order valence-electron chi connectivity index (χ2n) is 6.18. The molecule has 7 heteroatoms. The fraction of sp³-hybridized carbons (Fsp3) is 0.368. The summed E-state index contributed by atoms with van der Waals surface area (Å²) in [5, 5.41) is 9.54. The van der Waals surface area contributed by atoms with E-state index in [0.717, 1.165) is 17.8 Å². The Morgan fingerprint density at radius 1 is 1.27 bits per heavy atom. The van der Waals surface area contributed by atoms with E-state index in [2.05, 4.69) is 15.5 Å². The number of hydroxylamine groups is 1. The highest BCUT2D eigenvalue weighted by molar-refractivity contribution is 7.98. The molecule has 0 saturated carbocycles. The van der Waals surface area contributed by atoms with Crippen molar-refractivity contribution in [2.24, 2.45) is 4.99 Å². The third kappa shape index (κ3) is 5.45. The van der Waals surface area contributed by atoms with Gasteiger partial charge in [-0.15, -0.1) is 11.8 Å². The third-order valence-electron chi connectivity index (χ3n) is 3.76. The normalized spacial score (nSPS) is 11.7. The first-order chi connectivity index (χ1) is 12.4. The number of aryl methyl sites for hydroxylation is 2. The zero-order valence-corrected chi connectivity index (χ0v) is 16.7. The van der Waals surface area contributed by atoms with Gasteiger partial charge in [0.2, 0.25) is 5.88 Å². The number of amidine groups is 1. The standard InChI is InChI=1S/C19H26N4O2S/c1-13-12-15(7-9-17(13)26-5)25-19-16(8-6-14(2)21-19)18(22-24)20-10-11-23(3)4/h6-9,12,24H,10-11H2,1-5H3,(H,20,22). The van der Waals surface area contributed by atoms with Crippen molar-refractivity contribution >= 4 is 17.6 Å². The minimum absolute atomic E-state index is 0.340. The molecule has 6 nitrogen and oxygen atoms in total. The van der Waals surface area contributed by atoms with E-state index in [1.807, 2.05) is 69.4 Å². The van der Waals surface area contributed by atoms with Gasteiger partial charge < -0.3 is 9.64 Å². The molecule has 0 aliphatic carbocycles. The number of nitrogens with zero attached hydrogens (tertiary/aromatic N) is 3.